The highest BCUT2D eigenvalue weighted by atomic mass is 32.1. The first kappa shape index (κ1) is 14.5. The van der Waals surface area contributed by atoms with Gasteiger partial charge in [-0.25, -0.2) is 0 Å². The monoisotopic (exact) mass is 279 g/mol. The summed E-state index contributed by atoms with van der Waals surface area (Å²) in [7, 11) is 2.19. The number of rotatable bonds is 4. The van der Waals surface area contributed by atoms with Gasteiger partial charge in [0.05, 0.1) is 6.61 Å². The molecule has 0 radical (unpaired) electrons. The van der Waals surface area contributed by atoms with Crippen LogP contribution in [0.4, 0.5) is 0 Å². The first-order chi connectivity index (χ1) is 9.29. The number of thiophene rings is 1. The van der Waals surface area contributed by atoms with Crippen LogP contribution in [0, 0.1) is 11.8 Å². The van der Waals surface area contributed by atoms with Crippen molar-refractivity contribution in [2.75, 3.05) is 26.9 Å². The molecule has 0 spiro atoms. The average Bonchev–Trinajstić information content (AvgIpc) is 2.88. The van der Waals surface area contributed by atoms with Crippen molar-refractivity contribution in [1.29, 1.82) is 0 Å². The maximum atomic E-state index is 8.70. The van der Waals surface area contributed by atoms with Crippen LogP contribution in [-0.4, -0.2) is 42.9 Å². The molecule has 104 valence electrons. The predicted molar refractivity (Wildman–Crippen MR) is 78.2 cm³/mol. The van der Waals surface area contributed by atoms with Crippen molar-refractivity contribution in [3.05, 3.63) is 21.9 Å². The zero-order valence-corrected chi connectivity index (χ0v) is 12.2. The van der Waals surface area contributed by atoms with E-state index in [9.17, 15) is 0 Å². The van der Waals surface area contributed by atoms with E-state index >= 15 is 0 Å². The minimum Gasteiger partial charge on any atom is -0.395 e. The lowest BCUT2D eigenvalue weighted by molar-refractivity contribution is 0.0410. The van der Waals surface area contributed by atoms with Gasteiger partial charge < -0.3 is 9.84 Å². The van der Waals surface area contributed by atoms with Gasteiger partial charge in [-0.05, 0) is 26.0 Å². The molecule has 1 aliphatic rings. The SMILES string of the molecule is CN(Cc1cc(C#CCCO)cs1)C1CCOCC1. The molecule has 1 aromatic rings. The van der Waals surface area contributed by atoms with E-state index in [-0.39, 0.29) is 6.61 Å². The van der Waals surface area contributed by atoms with Gasteiger partial charge in [0.2, 0.25) is 0 Å². The summed E-state index contributed by atoms with van der Waals surface area (Å²) in [5, 5.41) is 10.8. The Balaban J connectivity index is 1.87. The van der Waals surface area contributed by atoms with Gasteiger partial charge in [0.25, 0.3) is 0 Å². The zero-order valence-electron chi connectivity index (χ0n) is 11.4. The normalized spacial score (nSPS) is 16.4. The van der Waals surface area contributed by atoms with Gasteiger partial charge in [0.1, 0.15) is 0 Å². The van der Waals surface area contributed by atoms with Crippen molar-refractivity contribution in [1.82, 2.24) is 4.90 Å². The van der Waals surface area contributed by atoms with Crippen LogP contribution in [0.25, 0.3) is 0 Å². The Hall–Kier alpha value is -0.860. The highest BCUT2D eigenvalue weighted by Crippen LogP contribution is 2.20. The standard InChI is InChI=1S/C15H21NO2S/c1-16(14-5-8-18-9-6-14)11-15-10-13(12-19-15)4-2-3-7-17/h10,12,14,17H,3,5-9,11H2,1H3. The summed E-state index contributed by atoms with van der Waals surface area (Å²) in [6.45, 7) is 2.89. The summed E-state index contributed by atoms with van der Waals surface area (Å²) in [6, 6.07) is 2.80. The van der Waals surface area contributed by atoms with Crippen molar-refractivity contribution in [2.24, 2.45) is 0 Å². The molecule has 4 heteroatoms. The number of aliphatic hydroxyl groups is 1. The van der Waals surface area contributed by atoms with Crippen molar-refractivity contribution >= 4 is 11.3 Å². The molecular formula is C15H21NO2S. The fourth-order valence-corrected chi connectivity index (χ4v) is 3.13. The van der Waals surface area contributed by atoms with Crippen LogP contribution in [0.2, 0.25) is 0 Å². The molecule has 0 aromatic carbocycles. The topological polar surface area (TPSA) is 32.7 Å². The quantitative estimate of drug-likeness (QED) is 0.857. The number of hydrogen-bond donors (Lipinski definition) is 1. The highest BCUT2D eigenvalue weighted by Gasteiger charge is 2.18. The summed E-state index contributed by atoms with van der Waals surface area (Å²) in [5.41, 5.74) is 1.06. The molecule has 0 atom stereocenters. The van der Waals surface area contributed by atoms with Gasteiger partial charge in [0, 0.05) is 48.0 Å². The molecule has 19 heavy (non-hydrogen) atoms. The van der Waals surface area contributed by atoms with E-state index in [1.165, 1.54) is 4.88 Å². The molecule has 1 fully saturated rings. The molecule has 1 N–H and O–H groups in total. The van der Waals surface area contributed by atoms with Crippen molar-refractivity contribution in [3.63, 3.8) is 0 Å². The minimum absolute atomic E-state index is 0.135. The van der Waals surface area contributed by atoms with Crippen LogP contribution in [-0.2, 0) is 11.3 Å². The smallest absolute Gasteiger partial charge is 0.0540 e. The molecule has 0 saturated carbocycles. The number of hydrogen-bond acceptors (Lipinski definition) is 4. The third-order valence-electron chi connectivity index (χ3n) is 3.34. The lowest BCUT2D eigenvalue weighted by atomic mass is 10.1. The molecule has 0 unspecified atom stereocenters. The molecule has 3 nitrogen and oxygen atoms in total. The molecule has 2 rings (SSSR count). The Kier molecular flexibility index (Phi) is 5.87. The molecule has 1 saturated heterocycles. The Bertz CT molecular complexity index is 440. The van der Waals surface area contributed by atoms with Gasteiger partial charge in [-0.1, -0.05) is 11.8 Å². The third kappa shape index (κ3) is 4.63. The second-order valence-electron chi connectivity index (χ2n) is 4.84. The Labute approximate surface area is 119 Å². The molecule has 0 amide bonds. The second kappa shape index (κ2) is 7.66. The van der Waals surface area contributed by atoms with E-state index in [0.717, 1.165) is 38.2 Å². The van der Waals surface area contributed by atoms with Crippen LogP contribution >= 0.6 is 11.3 Å². The fraction of sp³-hybridized carbons (Fsp3) is 0.600. The predicted octanol–water partition coefficient (Wildman–Crippen LogP) is 2.09. The maximum absolute atomic E-state index is 8.70. The van der Waals surface area contributed by atoms with Crippen LogP contribution in [0.15, 0.2) is 11.4 Å². The van der Waals surface area contributed by atoms with Crippen LogP contribution < -0.4 is 0 Å². The van der Waals surface area contributed by atoms with Gasteiger partial charge in [0.15, 0.2) is 0 Å². The molecule has 1 aliphatic heterocycles. The largest absolute Gasteiger partial charge is 0.395 e. The van der Waals surface area contributed by atoms with Crippen LogP contribution in [0.1, 0.15) is 29.7 Å². The maximum Gasteiger partial charge on any atom is 0.0540 e. The number of aliphatic hydroxyl groups excluding tert-OH is 1. The summed E-state index contributed by atoms with van der Waals surface area (Å²) in [6.07, 6.45) is 2.81. The van der Waals surface area contributed by atoms with E-state index in [4.69, 9.17) is 9.84 Å². The molecule has 2 heterocycles. The lowest BCUT2D eigenvalue weighted by Crippen LogP contribution is -2.35. The minimum atomic E-state index is 0.135. The first-order valence-electron chi connectivity index (χ1n) is 6.74. The Morgan fingerprint density at radius 2 is 2.26 bits per heavy atom. The van der Waals surface area contributed by atoms with Crippen molar-refractivity contribution in [2.45, 2.75) is 31.8 Å². The molecule has 0 bridgehead atoms. The number of nitrogens with zero attached hydrogens (tertiary/aromatic N) is 1. The fourth-order valence-electron chi connectivity index (χ4n) is 2.25. The molecule has 1 aromatic heterocycles. The third-order valence-corrected chi connectivity index (χ3v) is 4.26. The van der Waals surface area contributed by atoms with E-state index in [0.29, 0.717) is 12.5 Å². The lowest BCUT2D eigenvalue weighted by Gasteiger charge is -2.30. The van der Waals surface area contributed by atoms with Crippen LogP contribution in [0.3, 0.4) is 0 Å². The first-order valence-corrected chi connectivity index (χ1v) is 7.62. The van der Waals surface area contributed by atoms with E-state index in [1.54, 1.807) is 11.3 Å². The Morgan fingerprint density at radius 1 is 1.47 bits per heavy atom. The van der Waals surface area contributed by atoms with E-state index < -0.39 is 0 Å². The van der Waals surface area contributed by atoms with Gasteiger partial charge in [-0.3, -0.25) is 4.90 Å². The zero-order chi connectivity index (χ0) is 13.5. The van der Waals surface area contributed by atoms with E-state index in [2.05, 4.69) is 35.2 Å². The molecular weight excluding hydrogens is 258 g/mol. The molecule has 0 aliphatic carbocycles. The van der Waals surface area contributed by atoms with Crippen molar-refractivity contribution in [3.8, 4) is 11.8 Å². The summed E-state index contributed by atoms with van der Waals surface area (Å²) < 4.78 is 5.40. The summed E-state index contributed by atoms with van der Waals surface area (Å²) in [5.74, 6) is 6.04. The van der Waals surface area contributed by atoms with Crippen molar-refractivity contribution < 1.29 is 9.84 Å². The summed E-state index contributed by atoms with van der Waals surface area (Å²) >= 11 is 1.76. The van der Waals surface area contributed by atoms with Gasteiger partial charge >= 0.3 is 0 Å². The highest BCUT2D eigenvalue weighted by molar-refractivity contribution is 7.10. The Morgan fingerprint density at radius 3 is 3.00 bits per heavy atom. The van der Waals surface area contributed by atoms with Crippen LogP contribution in [0.5, 0.6) is 0 Å². The average molecular weight is 279 g/mol. The number of ether oxygens (including phenoxy) is 1. The summed E-state index contributed by atoms with van der Waals surface area (Å²) in [4.78, 5) is 3.77. The van der Waals surface area contributed by atoms with Gasteiger partial charge in [-0.2, -0.15) is 0 Å². The van der Waals surface area contributed by atoms with Gasteiger partial charge in [-0.15, -0.1) is 11.3 Å². The second-order valence-corrected chi connectivity index (χ2v) is 5.83. The van der Waals surface area contributed by atoms with E-state index in [1.807, 2.05) is 0 Å².